The number of furan rings is 1. The highest BCUT2D eigenvalue weighted by molar-refractivity contribution is 8.26. The van der Waals surface area contributed by atoms with Crippen molar-refractivity contribution >= 4 is 63.5 Å². The maximum atomic E-state index is 12.0. The highest BCUT2D eigenvalue weighted by Gasteiger charge is 2.29. The summed E-state index contributed by atoms with van der Waals surface area (Å²) in [5, 5.41) is 0.897. The van der Waals surface area contributed by atoms with Gasteiger partial charge in [0.25, 0.3) is 5.91 Å². The van der Waals surface area contributed by atoms with Crippen molar-refractivity contribution in [1.29, 1.82) is 0 Å². The summed E-state index contributed by atoms with van der Waals surface area (Å²) in [5.74, 6) is 1.01. The minimum atomic E-state index is -0.131. The molecule has 0 unspecified atom stereocenters. The van der Waals surface area contributed by atoms with Crippen molar-refractivity contribution in [2.75, 3.05) is 7.05 Å². The van der Waals surface area contributed by atoms with E-state index in [4.69, 9.17) is 39.8 Å². The summed E-state index contributed by atoms with van der Waals surface area (Å²) in [7, 11) is 1.65. The smallest absolute Gasteiger partial charge is 0.266 e. The van der Waals surface area contributed by atoms with Gasteiger partial charge in [-0.05, 0) is 24.3 Å². The van der Waals surface area contributed by atoms with Crippen molar-refractivity contribution in [2.45, 2.75) is 0 Å². The van der Waals surface area contributed by atoms with Gasteiger partial charge in [-0.3, -0.25) is 9.69 Å². The number of rotatable bonds is 2. The quantitative estimate of drug-likeness (QED) is 0.545. The molecule has 0 bridgehead atoms. The van der Waals surface area contributed by atoms with Gasteiger partial charge in [-0.2, -0.15) is 0 Å². The van der Waals surface area contributed by atoms with E-state index in [0.717, 1.165) is 0 Å². The Hall–Kier alpha value is -1.27. The summed E-state index contributed by atoms with van der Waals surface area (Å²) in [4.78, 5) is 13.9. The zero-order chi connectivity index (χ0) is 15.9. The molecule has 2 aromatic rings. The Balaban J connectivity index is 1.94. The number of amides is 1. The molecule has 112 valence electrons. The second-order valence-electron chi connectivity index (χ2n) is 4.54. The number of carbonyl (C=O) groups excluding carboxylic acids is 1. The molecule has 2 heterocycles. The number of hydrogen-bond acceptors (Lipinski definition) is 4. The number of benzene rings is 1. The molecule has 0 saturated carbocycles. The normalized spacial score (nSPS) is 16.9. The fourth-order valence-electron chi connectivity index (χ4n) is 1.94. The van der Waals surface area contributed by atoms with E-state index in [1.165, 1.54) is 16.7 Å². The van der Waals surface area contributed by atoms with Crippen LogP contribution in [0.2, 0.25) is 10.0 Å². The van der Waals surface area contributed by atoms with Crippen LogP contribution in [0.4, 0.5) is 0 Å². The SMILES string of the molecule is CN1C(=O)/C(=C/c2ccc(-c3cccc(Cl)c3Cl)o2)SC1=S. The Morgan fingerprint density at radius 1 is 1.27 bits per heavy atom. The molecule has 3 rings (SSSR count). The molecule has 0 radical (unpaired) electrons. The van der Waals surface area contributed by atoms with Crippen LogP contribution in [0.25, 0.3) is 17.4 Å². The lowest BCUT2D eigenvalue weighted by atomic mass is 10.2. The van der Waals surface area contributed by atoms with E-state index in [1.54, 1.807) is 37.4 Å². The Kier molecular flexibility index (Phi) is 4.32. The molecule has 22 heavy (non-hydrogen) atoms. The van der Waals surface area contributed by atoms with Gasteiger partial charge in [0.2, 0.25) is 0 Å². The summed E-state index contributed by atoms with van der Waals surface area (Å²) >= 11 is 18.5. The molecule has 1 aliphatic heterocycles. The molecule has 1 saturated heterocycles. The van der Waals surface area contributed by atoms with Gasteiger partial charge in [0, 0.05) is 18.7 Å². The van der Waals surface area contributed by atoms with Crippen molar-refractivity contribution in [2.24, 2.45) is 0 Å². The van der Waals surface area contributed by atoms with Gasteiger partial charge in [0.05, 0.1) is 15.0 Å². The molecule has 0 N–H and O–H groups in total. The van der Waals surface area contributed by atoms with E-state index in [0.29, 0.717) is 36.4 Å². The Morgan fingerprint density at radius 2 is 2.05 bits per heavy atom. The number of nitrogens with zero attached hydrogens (tertiary/aromatic N) is 1. The van der Waals surface area contributed by atoms with Crippen LogP contribution in [0, 0.1) is 0 Å². The highest BCUT2D eigenvalue weighted by atomic mass is 35.5. The monoisotopic (exact) mass is 369 g/mol. The van der Waals surface area contributed by atoms with E-state index in [-0.39, 0.29) is 5.91 Å². The van der Waals surface area contributed by atoms with Crippen molar-refractivity contribution in [3.05, 3.63) is 51.0 Å². The molecule has 1 fully saturated rings. The van der Waals surface area contributed by atoms with Gasteiger partial charge in [-0.25, -0.2) is 0 Å². The summed E-state index contributed by atoms with van der Waals surface area (Å²) in [5.41, 5.74) is 0.705. The van der Waals surface area contributed by atoms with Gasteiger partial charge >= 0.3 is 0 Å². The number of carbonyl (C=O) groups is 1. The predicted molar refractivity (Wildman–Crippen MR) is 95.1 cm³/mol. The standard InChI is InChI=1S/C15H9Cl2NO2S2/c1-18-14(19)12(22-15(18)21)7-8-5-6-11(20-8)9-3-2-4-10(16)13(9)17/h2-7H,1H3/b12-7-. The molecule has 3 nitrogen and oxygen atoms in total. The number of thiocarbonyl (C=S) groups is 1. The summed E-state index contributed by atoms with van der Waals surface area (Å²) in [6.07, 6.45) is 1.67. The fourth-order valence-corrected chi connectivity index (χ4v) is 3.50. The lowest BCUT2D eigenvalue weighted by Gasteiger charge is -2.03. The molecular formula is C15H9Cl2NO2S2. The lowest BCUT2D eigenvalue weighted by Crippen LogP contribution is -2.22. The molecular weight excluding hydrogens is 361 g/mol. The van der Waals surface area contributed by atoms with Crippen LogP contribution in [0.3, 0.4) is 0 Å². The van der Waals surface area contributed by atoms with Gasteiger partial charge < -0.3 is 4.42 Å². The minimum Gasteiger partial charge on any atom is -0.457 e. The largest absolute Gasteiger partial charge is 0.457 e. The lowest BCUT2D eigenvalue weighted by molar-refractivity contribution is -0.121. The van der Waals surface area contributed by atoms with E-state index in [1.807, 2.05) is 6.07 Å². The van der Waals surface area contributed by atoms with Gasteiger partial charge in [0.1, 0.15) is 15.8 Å². The van der Waals surface area contributed by atoms with Crippen LogP contribution in [-0.2, 0) is 4.79 Å². The Labute approximate surface area is 146 Å². The zero-order valence-corrected chi connectivity index (χ0v) is 14.4. The Bertz CT molecular complexity index is 814. The topological polar surface area (TPSA) is 33.5 Å². The van der Waals surface area contributed by atoms with Gasteiger partial charge in [-0.15, -0.1) is 0 Å². The first-order chi connectivity index (χ1) is 10.5. The second kappa shape index (κ2) is 6.08. The maximum Gasteiger partial charge on any atom is 0.266 e. The number of halogens is 2. The average Bonchev–Trinajstić information content (AvgIpc) is 3.04. The summed E-state index contributed by atoms with van der Waals surface area (Å²) in [6.45, 7) is 0. The second-order valence-corrected chi connectivity index (χ2v) is 7.01. The van der Waals surface area contributed by atoms with Crippen molar-refractivity contribution in [1.82, 2.24) is 4.90 Å². The first-order valence-corrected chi connectivity index (χ1v) is 8.21. The first kappa shape index (κ1) is 15.6. The predicted octanol–water partition coefficient (Wildman–Crippen LogP) is 5.08. The third-order valence-electron chi connectivity index (χ3n) is 3.10. The fraction of sp³-hybridized carbons (Fsp3) is 0.0667. The van der Waals surface area contributed by atoms with Crippen LogP contribution in [0.1, 0.15) is 5.76 Å². The van der Waals surface area contributed by atoms with Crippen LogP contribution in [-0.4, -0.2) is 22.2 Å². The zero-order valence-electron chi connectivity index (χ0n) is 11.3. The third-order valence-corrected chi connectivity index (χ3v) is 5.41. The Morgan fingerprint density at radius 3 is 2.73 bits per heavy atom. The molecule has 1 aromatic heterocycles. The van der Waals surface area contributed by atoms with E-state index < -0.39 is 0 Å². The maximum absolute atomic E-state index is 12.0. The van der Waals surface area contributed by atoms with E-state index in [2.05, 4.69) is 0 Å². The molecule has 1 aromatic carbocycles. The molecule has 1 aliphatic rings. The van der Waals surface area contributed by atoms with Crippen molar-refractivity contribution < 1.29 is 9.21 Å². The average molecular weight is 370 g/mol. The number of hydrogen-bond donors (Lipinski definition) is 0. The van der Waals surface area contributed by atoms with E-state index >= 15 is 0 Å². The molecule has 1 amide bonds. The number of thioether (sulfide) groups is 1. The van der Waals surface area contributed by atoms with Crippen LogP contribution >= 0.6 is 47.2 Å². The van der Waals surface area contributed by atoms with Crippen LogP contribution in [0.15, 0.2) is 39.7 Å². The van der Waals surface area contributed by atoms with Crippen LogP contribution in [0.5, 0.6) is 0 Å². The highest BCUT2D eigenvalue weighted by Crippen LogP contribution is 2.36. The van der Waals surface area contributed by atoms with Crippen LogP contribution < -0.4 is 0 Å². The number of likely N-dealkylation sites (N-methyl/N-ethyl adjacent to an activating group) is 1. The van der Waals surface area contributed by atoms with Crippen molar-refractivity contribution in [3.8, 4) is 11.3 Å². The van der Waals surface area contributed by atoms with Gasteiger partial charge in [0.15, 0.2) is 0 Å². The van der Waals surface area contributed by atoms with E-state index in [9.17, 15) is 4.79 Å². The third kappa shape index (κ3) is 2.82. The first-order valence-electron chi connectivity index (χ1n) is 6.23. The van der Waals surface area contributed by atoms with Crippen molar-refractivity contribution in [3.63, 3.8) is 0 Å². The summed E-state index contributed by atoms with van der Waals surface area (Å²) < 4.78 is 6.27. The minimum absolute atomic E-state index is 0.131. The molecule has 0 atom stereocenters. The summed E-state index contributed by atoms with van der Waals surface area (Å²) in [6, 6.07) is 8.89. The van der Waals surface area contributed by atoms with Gasteiger partial charge in [-0.1, -0.05) is 53.2 Å². The molecule has 0 spiro atoms. The molecule has 7 heteroatoms. The molecule has 0 aliphatic carbocycles.